The van der Waals surface area contributed by atoms with E-state index in [9.17, 15) is 4.79 Å². The van der Waals surface area contributed by atoms with E-state index in [0.29, 0.717) is 19.6 Å². The van der Waals surface area contributed by atoms with Crippen LogP contribution in [0.2, 0.25) is 0 Å². The molecule has 1 atom stereocenters. The van der Waals surface area contributed by atoms with Crippen LogP contribution in [0.1, 0.15) is 39.0 Å². The standard InChI is InChI=1S/C13H26N2O3/c1-2-18-11-5-8-14-13(17)15-9-4-3-6-12(15)7-10-16/h12,16H,2-11H2,1H3,(H,14,17). The Morgan fingerprint density at radius 1 is 1.50 bits per heavy atom. The van der Waals surface area contributed by atoms with Gasteiger partial charge in [0.1, 0.15) is 0 Å². The van der Waals surface area contributed by atoms with Gasteiger partial charge in [0.15, 0.2) is 0 Å². The fourth-order valence-electron chi connectivity index (χ4n) is 2.33. The minimum atomic E-state index is 0.00430. The van der Waals surface area contributed by atoms with E-state index in [1.807, 2.05) is 11.8 Å². The van der Waals surface area contributed by atoms with Gasteiger partial charge in [-0.25, -0.2) is 4.79 Å². The summed E-state index contributed by atoms with van der Waals surface area (Å²) in [6.45, 7) is 4.99. The quantitative estimate of drug-likeness (QED) is 0.678. The summed E-state index contributed by atoms with van der Waals surface area (Å²) in [5.74, 6) is 0. The minimum absolute atomic E-state index is 0.00430. The summed E-state index contributed by atoms with van der Waals surface area (Å²) in [7, 11) is 0. The van der Waals surface area contributed by atoms with Crippen LogP contribution < -0.4 is 5.32 Å². The van der Waals surface area contributed by atoms with E-state index < -0.39 is 0 Å². The second kappa shape index (κ2) is 9.16. The SMILES string of the molecule is CCOCCCNC(=O)N1CCCCC1CCO. The smallest absolute Gasteiger partial charge is 0.317 e. The van der Waals surface area contributed by atoms with Crippen LogP contribution in [-0.4, -0.2) is 55.0 Å². The van der Waals surface area contributed by atoms with E-state index in [1.165, 1.54) is 0 Å². The predicted octanol–water partition coefficient (Wildman–Crippen LogP) is 1.36. The van der Waals surface area contributed by atoms with Crippen LogP contribution in [-0.2, 0) is 4.74 Å². The second-order valence-electron chi connectivity index (χ2n) is 4.64. The van der Waals surface area contributed by atoms with Gasteiger partial charge in [0.25, 0.3) is 0 Å². The van der Waals surface area contributed by atoms with Crippen molar-refractivity contribution in [1.29, 1.82) is 0 Å². The summed E-state index contributed by atoms with van der Waals surface area (Å²) in [6, 6.07) is 0.209. The Labute approximate surface area is 109 Å². The van der Waals surface area contributed by atoms with Crippen LogP contribution in [0.25, 0.3) is 0 Å². The molecule has 1 unspecified atom stereocenters. The zero-order valence-corrected chi connectivity index (χ0v) is 11.4. The molecule has 1 fully saturated rings. The maximum Gasteiger partial charge on any atom is 0.317 e. The van der Waals surface area contributed by atoms with E-state index in [1.54, 1.807) is 0 Å². The molecule has 0 aromatic rings. The summed E-state index contributed by atoms with van der Waals surface area (Å²) in [6.07, 6.45) is 4.75. The molecule has 0 aliphatic carbocycles. The number of aliphatic hydroxyl groups excluding tert-OH is 1. The number of aliphatic hydroxyl groups is 1. The Balaban J connectivity index is 2.25. The topological polar surface area (TPSA) is 61.8 Å². The van der Waals surface area contributed by atoms with Crippen molar-refractivity contribution in [2.45, 2.75) is 45.1 Å². The maximum absolute atomic E-state index is 12.0. The number of ether oxygens (including phenoxy) is 1. The molecular weight excluding hydrogens is 232 g/mol. The number of urea groups is 1. The van der Waals surface area contributed by atoms with E-state index in [0.717, 1.165) is 38.8 Å². The van der Waals surface area contributed by atoms with Gasteiger partial charge in [-0.2, -0.15) is 0 Å². The second-order valence-corrected chi connectivity index (χ2v) is 4.64. The van der Waals surface area contributed by atoms with E-state index in [4.69, 9.17) is 9.84 Å². The molecule has 2 amide bonds. The lowest BCUT2D eigenvalue weighted by atomic mass is 10.0. The van der Waals surface area contributed by atoms with E-state index in [2.05, 4.69) is 5.32 Å². The lowest BCUT2D eigenvalue weighted by molar-refractivity contribution is 0.128. The number of hydrogen-bond acceptors (Lipinski definition) is 3. The molecule has 0 aromatic heterocycles. The van der Waals surface area contributed by atoms with Crippen molar-refractivity contribution in [3.05, 3.63) is 0 Å². The van der Waals surface area contributed by atoms with Crippen molar-refractivity contribution in [2.75, 3.05) is 32.9 Å². The number of carbonyl (C=O) groups is 1. The molecule has 18 heavy (non-hydrogen) atoms. The highest BCUT2D eigenvalue weighted by Crippen LogP contribution is 2.19. The van der Waals surface area contributed by atoms with Gasteiger partial charge in [-0.15, -0.1) is 0 Å². The van der Waals surface area contributed by atoms with Crippen molar-refractivity contribution in [3.63, 3.8) is 0 Å². The highest BCUT2D eigenvalue weighted by molar-refractivity contribution is 5.74. The predicted molar refractivity (Wildman–Crippen MR) is 70.6 cm³/mol. The summed E-state index contributed by atoms with van der Waals surface area (Å²) in [4.78, 5) is 13.9. The van der Waals surface area contributed by atoms with Gasteiger partial charge in [0, 0.05) is 39.0 Å². The Bertz CT molecular complexity index is 234. The van der Waals surface area contributed by atoms with Crippen LogP contribution in [0.4, 0.5) is 4.79 Å². The van der Waals surface area contributed by atoms with Crippen molar-refractivity contribution in [2.24, 2.45) is 0 Å². The number of piperidine rings is 1. The van der Waals surface area contributed by atoms with Crippen LogP contribution in [0.15, 0.2) is 0 Å². The number of hydrogen-bond donors (Lipinski definition) is 2. The summed E-state index contributed by atoms with van der Waals surface area (Å²) >= 11 is 0. The van der Waals surface area contributed by atoms with Gasteiger partial charge in [-0.05, 0) is 39.0 Å². The molecule has 1 aliphatic heterocycles. The molecule has 1 rings (SSSR count). The molecule has 106 valence electrons. The van der Waals surface area contributed by atoms with Crippen molar-refractivity contribution >= 4 is 6.03 Å². The zero-order chi connectivity index (χ0) is 13.2. The van der Waals surface area contributed by atoms with Crippen molar-refractivity contribution < 1.29 is 14.6 Å². The number of likely N-dealkylation sites (tertiary alicyclic amines) is 1. The zero-order valence-electron chi connectivity index (χ0n) is 11.4. The number of rotatable bonds is 7. The molecule has 0 bridgehead atoms. The third-order valence-corrected chi connectivity index (χ3v) is 3.30. The van der Waals surface area contributed by atoms with Gasteiger partial charge in [-0.1, -0.05) is 0 Å². The van der Waals surface area contributed by atoms with E-state index >= 15 is 0 Å². The molecule has 5 heteroatoms. The highest BCUT2D eigenvalue weighted by atomic mass is 16.5. The lowest BCUT2D eigenvalue weighted by Gasteiger charge is -2.35. The van der Waals surface area contributed by atoms with Crippen molar-refractivity contribution in [3.8, 4) is 0 Å². The number of nitrogens with zero attached hydrogens (tertiary/aromatic N) is 1. The molecular formula is C13H26N2O3. The average Bonchev–Trinajstić information content (AvgIpc) is 2.39. The molecule has 0 radical (unpaired) electrons. The summed E-state index contributed by atoms with van der Waals surface area (Å²) < 4.78 is 5.22. The summed E-state index contributed by atoms with van der Waals surface area (Å²) in [5, 5.41) is 11.9. The molecule has 1 aliphatic rings. The van der Waals surface area contributed by atoms with Crippen LogP contribution in [0.3, 0.4) is 0 Å². The molecule has 1 saturated heterocycles. The Hall–Kier alpha value is -0.810. The fourth-order valence-corrected chi connectivity index (χ4v) is 2.33. The molecule has 1 heterocycles. The lowest BCUT2D eigenvalue weighted by Crippen LogP contribution is -2.49. The first-order chi connectivity index (χ1) is 8.79. The highest BCUT2D eigenvalue weighted by Gasteiger charge is 2.25. The Morgan fingerprint density at radius 3 is 3.06 bits per heavy atom. The minimum Gasteiger partial charge on any atom is -0.396 e. The fraction of sp³-hybridized carbons (Fsp3) is 0.923. The number of amides is 2. The first-order valence-corrected chi connectivity index (χ1v) is 7.02. The Kier molecular flexibility index (Phi) is 7.76. The van der Waals surface area contributed by atoms with Crippen LogP contribution in [0.5, 0.6) is 0 Å². The largest absolute Gasteiger partial charge is 0.396 e. The number of nitrogens with one attached hydrogen (secondary N) is 1. The van der Waals surface area contributed by atoms with Crippen LogP contribution in [0, 0.1) is 0 Å². The van der Waals surface area contributed by atoms with Gasteiger partial charge in [-0.3, -0.25) is 0 Å². The monoisotopic (exact) mass is 258 g/mol. The normalized spacial score (nSPS) is 19.9. The third-order valence-electron chi connectivity index (χ3n) is 3.30. The first kappa shape index (κ1) is 15.2. The first-order valence-electron chi connectivity index (χ1n) is 7.02. The number of carbonyl (C=O) groups excluding carboxylic acids is 1. The van der Waals surface area contributed by atoms with Gasteiger partial charge in [0.2, 0.25) is 0 Å². The molecule has 0 saturated carbocycles. The van der Waals surface area contributed by atoms with E-state index in [-0.39, 0.29) is 18.7 Å². The maximum atomic E-state index is 12.0. The van der Waals surface area contributed by atoms with Crippen LogP contribution >= 0.6 is 0 Å². The molecule has 5 nitrogen and oxygen atoms in total. The van der Waals surface area contributed by atoms with Gasteiger partial charge in [0.05, 0.1) is 0 Å². The van der Waals surface area contributed by atoms with Gasteiger partial charge < -0.3 is 20.1 Å². The van der Waals surface area contributed by atoms with Gasteiger partial charge >= 0.3 is 6.03 Å². The molecule has 0 aromatic carbocycles. The Morgan fingerprint density at radius 2 is 2.33 bits per heavy atom. The third kappa shape index (κ3) is 5.23. The summed E-state index contributed by atoms with van der Waals surface area (Å²) in [5.41, 5.74) is 0. The molecule has 0 spiro atoms. The molecule has 2 N–H and O–H groups in total. The average molecular weight is 258 g/mol. The van der Waals surface area contributed by atoms with Crippen molar-refractivity contribution in [1.82, 2.24) is 10.2 Å².